The number of nitrogens with one attached hydrogen (secondary N) is 1. The fourth-order valence-electron chi connectivity index (χ4n) is 3.44. The Kier molecular flexibility index (Phi) is 5.71. The van der Waals surface area contributed by atoms with Crippen molar-refractivity contribution in [1.29, 1.82) is 0 Å². The normalized spacial score (nSPS) is 16.9. The summed E-state index contributed by atoms with van der Waals surface area (Å²) in [5, 5.41) is 3.62. The molecule has 0 saturated carbocycles. The summed E-state index contributed by atoms with van der Waals surface area (Å²) in [7, 11) is 2.18. The van der Waals surface area contributed by atoms with Crippen LogP contribution in [-0.4, -0.2) is 43.1 Å². The number of likely N-dealkylation sites (N-methyl/N-ethyl adjacent to an activating group) is 1. The van der Waals surface area contributed by atoms with Crippen LogP contribution >= 0.6 is 0 Å². The van der Waals surface area contributed by atoms with Gasteiger partial charge in [0, 0.05) is 45.0 Å². The van der Waals surface area contributed by atoms with Gasteiger partial charge >= 0.3 is 0 Å². The Balaban J connectivity index is 1.56. The highest BCUT2D eigenvalue weighted by Gasteiger charge is 2.15. The topological polar surface area (TPSA) is 31.4 Å². The van der Waals surface area contributed by atoms with Crippen LogP contribution in [0.4, 0.5) is 5.82 Å². The molecule has 1 aromatic heterocycles. The SMILES string of the molecule is Cc1ccc([C@@H](C)NCc2ccc(N3CCN(C)CC3)nc2)c(C)c1. The number of pyridine rings is 1. The lowest BCUT2D eigenvalue weighted by Crippen LogP contribution is -2.44. The molecular weight excluding hydrogens is 308 g/mol. The quantitative estimate of drug-likeness (QED) is 0.906. The number of aromatic nitrogens is 1. The van der Waals surface area contributed by atoms with Gasteiger partial charge < -0.3 is 15.1 Å². The van der Waals surface area contributed by atoms with Gasteiger partial charge in [-0.25, -0.2) is 4.98 Å². The number of rotatable bonds is 5. The Bertz CT molecular complexity index is 688. The molecule has 3 rings (SSSR count). The van der Waals surface area contributed by atoms with Crippen LogP contribution in [0.25, 0.3) is 0 Å². The number of hydrogen-bond acceptors (Lipinski definition) is 4. The molecule has 0 aliphatic carbocycles. The summed E-state index contributed by atoms with van der Waals surface area (Å²) in [6.45, 7) is 11.7. The summed E-state index contributed by atoms with van der Waals surface area (Å²) >= 11 is 0. The van der Waals surface area contributed by atoms with Gasteiger partial charge in [0.1, 0.15) is 5.82 Å². The van der Waals surface area contributed by atoms with E-state index in [0.717, 1.165) is 38.5 Å². The average molecular weight is 338 g/mol. The predicted octanol–water partition coefficient (Wildman–Crippen LogP) is 3.30. The van der Waals surface area contributed by atoms with Crippen molar-refractivity contribution in [3.63, 3.8) is 0 Å². The van der Waals surface area contributed by atoms with Crippen LogP contribution < -0.4 is 10.2 Å². The molecule has 1 saturated heterocycles. The van der Waals surface area contributed by atoms with Crippen molar-refractivity contribution in [2.24, 2.45) is 0 Å². The zero-order valence-electron chi connectivity index (χ0n) is 15.9. The molecule has 1 aromatic carbocycles. The molecule has 0 radical (unpaired) electrons. The van der Waals surface area contributed by atoms with Crippen molar-refractivity contribution in [2.45, 2.75) is 33.4 Å². The second-order valence-corrected chi connectivity index (χ2v) is 7.28. The lowest BCUT2D eigenvalue weighted by atomic mass is 10.0. The van der Waals surface area contributed by atoms with E-state index < -0.39 is 0 Å². The highest BCUT2D eigenvalue weighted by Crippen LogP contribution is 2.19. The molecule has 1 aliphatic rings. The van der Waals surface area contributed by atoms with Crippen LogP contribution in [0, 0.1) is 13.8 Å². The van der Waals surface area contributed by atoms with Gasteiger partial charge in [0.15, 0.2) is 0 Å². The number of piperazine rings is 1. The van der Waals surface area contributed by atoms with Gasteiger partial charge in [0.05, 0.1) is 0 Å². The highest BCUT2D eigenvalue weighted by molar-refractivity contribution is 5.40. The maximum absolute atomic E-state index is 4.67. The molecule has 1 atom stereocenters. The summed E-state index contributed by atoms with van der Waals surface area (Å²) < 4.78 is 0. The molecule has 0 unspecified atom stereocenters. The molecule has 1 fully saturated rings. The Hall–Kier alpha value is -1.91. The zero-order chi connectivity index (χ0) is 17.8. The summed E-state index contributed by atoms with van der Waals surface area (Å²) in [5.41, 5.74) is 5.27. The van der Waals surface area contributed by atoms with Crippen LogP contribution in [0.1, 0.15) is 35.2 Å². The van der Waals surface area contributed by atoms with Gasteiger partial charge in [-0.3, -0.25) is 0 Å². The monoisotopic (exact) mass is 338 g/mol. The first-order valence-electron chi connectivity index (χ1n) is 9.22. The number of hydrogen-bond donors (Lipinski definition) is 1. The molecule has 4 nitrogen and oxygen atoms in total. The van der Waals surface area contributed by atoms with E-state index in [1.165, 1.54) is 22.3 Å². The lowest BCUT2D eigenvalue weighted by molar-refractivity contribution is 0.312. The number of aryl methyl sites for hydroxylation is 2. The van der Waals surface area contributed by atoms with Gasteiger partial charge in [-0.2, -0.15) is 0 Å². The van der Waals surface area contributed by atoms with E-state index in [9.17, 15) is 0 Å². The minimum Gasteiger partial charge on any atom is -0.354 e. The minimum absolute atomic E-state index is 0.331. The molecule has 0 bridgehead atoms. The van der Waals surface area contributed by atoms with E-state index in [1.807, 2.05) is 6.20 Å². The highest BCUT2D eigenvalue weighted by atomic mass is 15.3. The largest absolute Gasteiger partial charge is 0.354 e. The van der Waals surface area contributed by atoms with E-state index in [2.05, 4.69) is 78.3 Å². The van der Waals surface area contributed by atoms with Crippen LogP contribution in [0.15, 0.2) is 36.5 Å². The van der Waals surface area contributed by atoms with Gasteiger partial charge in [0.2, 0.25) is 0 Å². The molecule has 2 heterocycles. The van der Waals surface area contributed by atoms with E-state index in [-0.39, 0.29) is 0 Å². The molecule has 4 heteroatoms. The van der Waals surface area contributed by atoms with E-state index in [1.54, 1.807) is 0 Å². The first-order valence-corrected chi connectivity index (χ1v) is 9.22. The van der Waals surface area contributed by atoms with Crippen molar-refractivity contribution in [3.05, 3.63) is 58.8 Å². The first kappa shape index (κ1) is 17.9. The average Bonchev–Trinajstić information content (AvgIpc) is 2.61. The molecular formula is C21H30N4. The Morgan fingerprint density at radius 2 is 1.84 bits per heavy atom. The molecule has 0 amide bonds. The van der Waals surface area contributed by atoms with Gasteiger partial charge in [-0.15, -0.1) is 0 Å². The number of benzene rings is 1. The molecule has 2 aromatic rings. The smallest absolute Gasteiger partial charge is 0.128 e. The Morgan fingerprint density at radius 3 is 2.48 bits per heavy atom. The number of anilines is 1. The maximum atomic E-state index is 4.67. The predicted molar refractivity (Wildman–Crippen MR) is 105 cm³/mol. The summed E-state index contributed by atoms with van der Waals surface area (Å²) in [5.74, 6) is 1.10. The third kappa shape index (κ3) is 4.59. The van der Waals surface area contributed by atoms with Crippen molar-refractivity contribution in [1.82, 2.24) is 15.2 Å². The third-order valence-electron chi connectivity index (χ3n) is 5.14. The molecule has 134 valence electrons. The van der Waals surface area contributed by atoms with Crippen molar-refractivity contribution >= 4 is 5.82 Å². The maximum Gasteiger partial charge on any atom is 0.128 e. The van der Waals surface area contributed by atoms with Crippen molar-refractivity contribution < 1.29 is 0 Å². The van der Waals surface area contributed by atoms with Crippen LogP contribution in [0.5, 0.6) is 0 Å². The second-order valence-electron chi connectivity index (χ2n) is 7.28. The second kappa shape index (κ2) is 7.98. The van der Waals surface area contributed by atoms with E-state index in [4.69, 9.17) is 0 Å². The molecule has 1 aliphatic heterocycles. The Morgan fingerprint density at radius 1 is 1.08 bits per heavy atom. The fraction of sp³-hybridized carbons (Fsp3) is 0.476. The minimum atomic E-state index is 0.331. The number of nitrogens with zero attached hydrogens (tertiary/aromatic N) is 3. The zero-order valence-corrected chi connectivity index (χ0v) is 15.9. The lowest BCUT2D eigenvalue weighted by Gasteiger charge is -2.33. The summed E-state index contributed by atoms with van der Waals surface area (Å²) in [4.78, 5) is 9.41. The first-order chi connectivity index (χ1) is 12.0. The van der Waals surface area contributed by atoms with Crippen LogP contribution in [0.2, 0.25) is 0 Å². The van der Waals surface area contributed by atoms with Crippen LogP contribution in [0.3, 0.4) is 0 Å². The molecule has 0 spiro atoms. The molecule has 25 heavy (non-hydrogen) atoms. The fourth-order valence-corrected chi connectivity index (χ4v) is 3.44. The van der Waals surface area contributed by atoms with E-state index in [0.29, 0.717) is 6.04 Å². The Labute approximate surface area is 151 Å². The van der Waals surface area contributed by atoms with Crippen molar-refractivity contribution in [3.8, 4) is 0 Å². The van der Waals surface area contributed by atoms with Crippen LogP contribution in [-0.2, 0) is 6.54 Å². The van der Waals surface area contributed by atoms with Gasteiger partial charge in [0.25, 0.3) is 0 Å². The van der Waals surface area contributed by atoms with Gasteiger partial charge in [-0.05, 0) is 50.6 Å². The standard InChI is InChI=1S/C21H30N4/c1-16-5-7-20(17(2)13-16)18(3)22-14-19-6-8-21(23-15-19)25-11-9-24(4)10-12-25/h5-8,13,15,18,22H,9-12,14H2,1-4H3/t18-/m1/s1. The van der Waals surface area contributed by atoms with Crippen molar-refractivity contribution in [2.75, 3.05) is 38.1 Å². The van der Waals surface area contributed by atoms with Gasteiger partial charge in [-0.1, -0.05) is 29.8 Å². The molecule has 1 N–H and O–H groups in total. The van der Waals surface area contributed by atoms with E-state index >= 15 is 0 Å². The summed E-state index contributed by atoms with van der Waals surface area (Å²) in [6.07, 6.45) is 2.01. The third-order valence-corrected chi connectivity index (χ3v) is 5.14. The summed E-state index contributed by atoms with van der Waals surface area (Å²) in [6, 6.07) is 11.4.